The van der Waals surface area contributed by atoms with Gasteiger partial charge < -0.3 is 19.5 Å². The Morgan fingerprint density at radius 3 is 2.73 bits per heavy atom. The Kier molecular flexibility index (Phi) is 6.35. The lowest BCUT2D eigenvalue weighted by atomic mass is 10.1. The first kappa shape index (κ1) is 18.5. The molecule has 7 nitrogen and oxygen atoms in total. The zero-order valence-corrected chi connectivity index (χ0v) is 15.4. The van der Waals surface area contributed by atoms with Crippen molar-refractivity contribution in [2.45, 2.75) is 38.9 Å². The molecule has 2 aromatic rings. The molecule has 0 radical (unpaired) electrons. The Morgan fingerprint density at radius 2 is 2.04 bits per heavy atom. The van der Waals surface area contributed by atoms with Crippen molar-refractivity contribution in [1.82, 2.24) is 20.4 Å². The van der Waals surface area contributed by atoms with Gasteiger partial charge in [0.15, 0.2) is 5.82 Å². The number of amides is 1. The average Bonchev–Trinajstić information content (AvgIpc) is 3.16. The predicted molar refractivity (Wildman–Crippen MR) is 97.7 cm³/mol. The van der Waals surface area contributed by atoms with E-state index in [0.29, 0.717) is 23.9 Å². The fourth-order valence-electron chi connectivity index (χ4n) is 3.00. The number of ether oxygens (including phenoxy) is 1. The third kappa shape index (κ3) is 4.68. The van der Waals surface area contributed by atoms with Gasteiger partial charge >= 0.3 is 0 Å². The van der Waals surface area contributed by atoms with Crippen LogP contribution in [-0.4, -0.2) is 53.7 Å². The molecule has 1 fully saturated rings. The quantitative estimate of drug-likeness (QED) is 0.819. The molecule has 0 saturated carbocycles. The second-order valence-electron chi connectivity index (χ2n) is 6.58. The highest BCUT2D eigenvalue weighted by Crippen LogP contribution is 2.19. The molecule has 0 spiro atoms. The summed E-state index contributed by atoms with van der Waals surface area (Å²) in [5, 5.41) is 7.29. The molecule has 1 aromatic carbocycles. The number of hydrogen-bond acceptors (Lipinski definition) is 6. The molecular formula is C19H26N4O3. The fourth-order valence-corrected chi connectivity index (χ4v) is 3.00. The van der Waals surface area contributed by atoms with Crippen LogP contribution in [0.4, 0.5) is 0 Å². The van der Waals surface area contributed by atoms with Crippen molar-refractivity contribution in [1.29, 1.82) is 0 Å². The van der Waals surface area contributed by atoms with Crippen molar-refractivity contribution >= 4 is 5.91 Å². The van der Waals surface area contributed by atoms with Crippen molar-refractivity contribution in [2.75, 3.05) is 26.7 Å². The summed E-state index contributed by atoms with van der Waals surface area (Å²) < 4.78 is 11.2. The van der Waals surface area contributed by atoms with Crippen LogP contribution < -0.4 is 5.32 Å². The van der Waals surface area contributed by atoms with Crippen LogP contribution in [0.1, 0.15) is 42.4 Å². The summed E-state index contributed by atoms with van der Waals surface area (Å²) in [5.41, 5.74) is 1.44. The maximum absolute atomic E-state index is 12.3. The van der Waals surface area contributed by atoms with Gasteiger partial charge in [-0.05, 0) is 56.6 Å². The third-order valence-corrected chi connectivity index (χ3v) is 4.49. The molecule has 0 unspecified atom stereocenters. The van der Waals surface area contributed by atoms with Crippen molar-refractivity contribution in [3.8, 4) is 11.5 Å². The number of hydrogen-bond donors (Lipinski definition) is 1. The van der Waals surface area contributed by atoms with E-state index in [2.05, 4.69) is 22.4 Å². The number of benzene rings is 1. The first-order chi connectivity index (χ1) is 12.7. The summed E-state index contributed by atoms with van der Waals surface area (Å²) in [7, 11) is 1.81. The third-order valence-electron chi connectivity index (χ3n) is 4.49. The second-order valence-corrected chi connectivity index (χ2v) is 6.58. The molecule has 7 heteroatoms. The summed E-state index contributed by atoms with van der Waals surface area (Å²) in [6.45, 7) is 5.12. The zero-order valence-electron chi connectivity index (χ0n) is 15.4. The van der Waals surface area contributed by atoms with Crippen molar-refractivity contribution < 1.29 is 14.1 Å². The highest BCUT2D eigenvalue weighted by Gasteiger charge is 2.16. The molecule has 2 heterocycles. The normalized spacial score (nSPS) is 15.2. The Bertz CT molecular complexity index is 708. The van der Waals surface area contributed by atoms with E-state index in [1.807, 2.05) is 19.2 Å². The summed E-state index contributed by atoms with van der Waals surface area (Å²) in [4.78, 5) is 18.4. The zero-order chi connectivity index (χ0) is 18.4. The first-order valence-corrected chi connectivity index (χ1v) is 9.18. The lowest BCUT2D eigenvalue weighted by molar-refractivity contribution is 0.0170. The molecule has 1 amide bonds. The van der Waals surface area contributed by atoms with E-state index in [4.69, 9.17) is 9.26 Å². The van der Waals surface area contributed by atoms with Gasteiger partial charge in [-0.1, -0.05) is 12.1 Å². The highest BCUT2D eigenvalue weighted by atomic mass is 16.5. The Balaban J connectivity index is 1.59. The number of piperidine rings is 1. The van der Waals surface area contributed by atoms with Gasteiger partial charge in [0.1, 0.15) is 6.61 Å². The van der Waals surface area contributed by atoms with E-state index in [1.165, 1.54) is 0 Å². The largest absolute Gasteiger partial charge is 0.370 e. The number of nitrogens with one attached hydrogen (secondary N) is 1. The van der Waals surface area contributed by atoms with Crippen LogP contribution >= 0.6 is 0 Å². The van der Waals surface area contributed by atoms with Crippen LogP contribution in [0.2, 0.25) is 0 Å². The van der Waals surface area contributed by atoms with Crippen molar-refractivity contribution in [3.05, 3.63) is 35.7 Å². The topological polar surface area (TPSA) is 80.5 Å². The molecule has 0 aliphatic carbocycles. The van der Waals surface area contributed by atoms with Crippen molar-refractivity contribution in [2.24, 2.45) is 0 Å². The SMILES string of the molecule is CCCN(C)C(=O)c1ccc(-c2nc(COC3CCNCC3)no2)cc1. The lowest BCUT2D eigenvalue weighted by Gasteiger charge is -2.22. The minimum atomic E-state index is 0.0139. The molecular weight excluding hydrogens is 332 g/mol. The molecule has 140 valence electrons. The summed E-state index contributed by atoms with van der Waals surface area (Å²) >= 11 is 0. The number of nitrogens with zero attached hydrogens (tertiary/aromatic N) is 3. The lowest BCUT2D eigenvalue weighted by Crippen LogP contribution is -2.32. The van der Waals surface area contributed by atoms with Crippen LogP contribution in [0.25, 0.3) is 11.5 Å². The average molecular weight is 358 g/mol. The van der Waals surface area contributed by atoms with E-state index < -0.39 is 0 Å². The van der Waals surface area contributed by atoms with Gasteiger partial charge in [-0.15, -0.1) is 0 Å². The molecule has 1 aromatic heterocycles. The summed E-state index contributed by atoms with van der Waals surface area (Å²) in [6.07, 6.45) is 3.20. The van der Waals surface area contributed by atoms with Gasteiger partial charge in [-0.3, -0.25) is 4.79 Å². The van der Waals surface area contributed by atoms with E-state index in [1.54, 1.807) is 17.0 Å². The predicted octanol–water partition coefficient (Wildman–Crippen LogP) is 2.49. The number of carbonyl (C=O) groups excluding carboxylic acids is 1. The molecule has 1 aliphatic rings. The van der Waals surface area contributed by atoms with Gasteiger partial charge in [0, 0.05) is 24.7 Å². The Labute approximate surface area is 153 Å². The van der Waals surface area contributed by atoms with Gasteiger partial charge in [0.2, 0.25) is 0 Å². The smallest absolute Gasteiger partial charge is 0.258 e. The second kappa shape index (κ2) is 8.91. The maximum Gasteiger partial charge on any atom is 0.258 e. The number of aromatic nitrogens is 2. The van der Waals surface area contributed by atoms with Crippen molar-refractivity contribution in [3.63, 3.8) is 0 Å². The van der Waals surface area contributed by atoms with Gasteiger partial charge in [-0.2, -0.15) is 4.98 Å². The van der Waals surface area contributed by atoms with Crippen LogP contribution in [0.15, 0.2) is 28.8 Å². The monoisotopic (exact) mass is 358 g/mol. The van der Waals surface area contributed by atoms with Crippen LogP contribution in [0.3, 0.4) is 0 Å². The van der Waals surface area contributed by atoms with Gasteiger partial charge in [-0.25, -0.2) is 0 Å². The number of carbonyl (C=O) groups is 1. The molecule has 0 bridgehead atoms. The van der Waals surface area contributed by atoms with Crippen LogP contribution in [0.5, 0.6) is 0 Å². The standard InChI is InChI=1S/C19H26N4O3/c1-3-12-23(2)19(24)15-6-4-14(5-7-15)18-21-17(22-26-18)13-25-16-8-10-20-11-9-16/h4-7,16,20H,3,8-13H2,1-2H3. The minimum Gasteiger partial charge on any atom is -0.370 e. The Morgan fingerprint density at radius 1 is 1.31 bits per heavy atom. The Hall–Kier alpha value is -2.25. The van der Waals surface area contributed by atoms with E-state index >= 15 is 0 Å². The molecule has 1 saturated heterocycles. The van der Waals surface area contributed by atoms with Gasteiger partial charge in [0.05, 0.1) is 6.10 Å². The first-order valence-electron chi connectivity index (χ1n) is 9.18. The summed E-state index contributed by atoms with van der Waals surface area (Å²) in [6, 6.07) is 7.24. The molecule has 0 atom stereocenters. The summed E-state index contributed by atoms with van der Waals surface area (Å²) in [5.74, 6) is 0.996. The molecule has 26 heavy (non-hydrogen) atoms. The van der Waals surface area contributed by atoms with E-state index in [0.717, 1.165) is 44.5 Å². The van der Waals surface area contributed by atoms with Crippen LogP contribution in [0, 0.1) is 0 Å². The minimum absolute atomic E-state index is 0.0139. The van der Waals surface area contributed by atoms with Crippen LogP contribution in [-0.2, 0) is 11.3 Å². The molecule has 3 rings (SSSR count). The molecule has 1 N–H and O–H groups in total. The van der Waals surface area contributed by atoms with Gasteiger partial charge in [0.25, 0.3) is 11.8 Å². The highest BCUT2D eigenvalue weighted by molar-refractivity contribution is 5.94. The van der Waals surface area contributed by atoms with E-state index in [9.17, 15) is 4.79 Å². The maximum atomic E-state index is 12.3. The fraction of sp³-hybridized carbons (Fsp3) is 0.526. The van der Waals surface area contributed by atoms with E-state index in [-0.39, 0.29) is 12.0 Å². The molecule has 1 aliphatic heterocycles. The number of rotatable bonds is 7.